The lowest BCUT2D eigenvalue weighted by Gasteiger charge is -2.33. The van der Waals surface area contributed by atoms with Crippen LogP contribution in [-0.2, 0) is 9.53 Å². The number of Topliss-reactive ketones (excluding diaryl/α,β-unsaturated/α-hetero) is 1. The van der Waals surface area contributed by atoms with E-state index in [2.05, 4.69) is 0 Å². The third kappa shape index (κ3) is 2.88. The molecule has 0 radical (unpaired) electrons. The third-order valence-electron chi connectivity index (χ3n) is 4.44. The van der Waals surface area contributed by atoms with Crippen LogP contribution >= 0.6 is 0 Å². The van der Waals surface area contributed by atoms with E-state index in [0.29, 0.717) is 39.0 Å². The molecule has 0 spiro atoms. The molecule has 2 fully saturated rings. The van der Waals surface area contributed by atoms with Gasteiger partial charge in [0.25, 0.3) is 0 Å². The molecule has 0 N–H and O–H groups in total. The first-order chi connectivity index (χ1) is 10.6. The summed E-state index contributed by atoms with van der Waals surface area (Å²) in [5, 5.41) is 0. The molecule has 0 saturated carbocycles. The number of likely N-dealkylation sites (tertiary alicyclic amines) is 1. The van der Waals surface area contributed by atoms with Gasteiger partial charge in [0.1, 0.15) is 17.7 Å². The highest BCUT2D eigenvalue weighted by atomic mass is 19.1. The molecule has 0 aromatic heterocycles. The standard InChI is InChI=1S/C16H17F2NO3/c17-11-1-2-13(18)12(9-11)15(20)10-3-6-19(7-4-10)14-5-8-22-16(14)21/h1-2,9-10,14H,3-8H2/t14-/m0/s1. The molecule has 0 amide bonds. The molecule has 1 aromatic rings. The monoisotopic (exact) mass is 309 g/mol. The predicted molar refractivity (Wildman–Crippen MR) is 74.3 cm³/mol. The molecule has 2 saturated heterocycles. The van der Waals surface area contributed by atoms with Gasteiger partial charge >= 0.3 is 5.97 Å². The molecule has 1 aromatic carbocycles. The molecule has 4 nitrogen and oxygen atoms in total. The van der Waals surface area contributed by atoms with Gasteiger partial charge in [0.05, 0.1) is 12.2 Å². The van der Waals surface area contributed by atoms with Crippen molar-refractivity contribution in [1.82, 2.24) is 4.90 Å². The van der Waals surface area contributed by atoms with Crippen molar-refractivity contribution in [3.05, 3.63) is 35.4 Å². The highest BCUT2D eigenvalue weighted by Crippen LogP contribution is 2.26. The van der Waals surface area contributed by atoms with Crippen molar-refractivity contribution in [2.24, 2.45) is 5.92 Å². The summed E-state index contributed by atoms with van der Waals surface area (Å²) in [5.74, 6) is -2.19. The second-order valence-electron chi connectivity index (χ2n) is 5.77. The Labute approximate surface area is 127 Å². The molecule has 2 aliphatic rings. The van der Waals surface area contributed by atoms with Gasteiger partial charge in [0.2, 0.25) is 0 Å². The molecule has 6 heteroatoms. The van der Waals surface area contributed by atoms with Gasteiger partial charge in [-0.1, -0.05) is 0 Å². The number of carbonyl (C=O) groups excluding carboxylic acids is 2. The summed E-state index contributed by atoms with van der Waals surface area (Å²) in [5.41, 5.74) is -0.182. The average Bonchev–Trinajstić information content (AvgIpc) is 2.95. The SMILES string of the molecule is O=C(c1cc(F)ccc1F)C1CCN([C@H]2CCOC2=O)CC1. The van der Waals surface area contributed by atoms with E-state index in [1.165, 1.54) is 0 Å². The maximum atomic E-state index is 13.7. The number of nitrogens with zero attached hydrogens (tertiary/aromatic N) is 1. The van der Waals surface area contributed by atoms with Crippen LogP contribution in [0, 0.1) is 17.6 Å². The van der Waals surface area contributed by atoms with Crippen LogP contribution in [0.15, 0.2) is 18.2 Å². The number of carbonyl (C=O) groups is 2. The molecule has 118 valence electrons. The summed E-state index contributed by atoms with van der Waals surface area (Å²) in [4.78, 5) is 25.9. The van der Waals surface area contributed by atoms with Crippen LogP contribution in [0.2, 0.25) is 0 Å². The van der Waals surface area contributed by atoms with Crippen LogP contribution in [0.1, 0.15) is 29.6 Å². The van der Waals surface area contributed by atoms with Gasteiger partial charge in [0, 0.05) is 12.3 Å². The van der Waals surface area contributed by atoms with Crippen LogP contribution < -0.4 is 0 Å². The number of benzene rings is 1. The van der Waals surface area contributed by atoms with Crippen LogP contribution in [0.3, 0.4) is 0 Å². The fourth-order valence-corrected chi connectivity index (χ4v) is 3.20. The van der Waals surface area contributed by atoms with Crippen molar-refractivity contribution in [2.45, 2.75) is 25.3 Å². The van der Waals surface area contributed by atoms with Crippen molar-refractivity contribution in [1.29, 1.82) is 0 Å². The van der Waals surface area contributed by atoms with Crippen LogP contribution in [-0.4, -0.2) is 42.4 Å². The highest BCUT2D eigenvalue weighted by molar-refractivity contribution is 5.98. The molecule has 2 aliphatic heterocycles. The van der Waals surface area contributed by atoms with Crippen molar-refractivity contribution in [2.75, 3.05) is 19.7 Å². The van der Waals surface area contributed by atoms with Crippen molar-refractivity contribution < 1.29 is 23.1 Å². The van der Waals surface area contributed by atoms with E-state index in [4.69, 9.17) is 4.74 Å². The van der Waals surface area contributed by atoms with Gasteiger partial charge in [-0.3, -0.25) is 14.5 Å². The molecule has 0 unspecified atom stereocenters. The topological polar surface area (TPSA) is 46.6 Å². The van der Waals surface area contributed by atoms with Crippen molar-refractivity contribution in [3.63, 3.8) is 0 Å². The minimum Gasteiger partial charge on any atom is -0.464 e. The first kappa shape index (κ1) is 15.1. The first-order valence-corrected chi connectivity index (χ1v) is 7.46. The number of hydrogen-bond donors (Lipinski definition) is 0. The number of cyclic esters (lactones) is 1. The van der Waals surface area contributed by atoms with Gasteiger partial charge in [-0.25, -0.2) is 8.78 Å². The van der Waals surface area contributed by atoms with E-state index < -0.39 is 11.6 Å². The lowest BCUT2D eigenvalue weighted by Crippen LogP contribution is -2.44. The third-order valence-corrected chi connectivity index (χ3v) is 4.44. The van der Waals surface area contributed by atoms with E-state index in [1.807, 2.05) is 4.90 Å². The summed E-state index contributed by atoms with van der Waals surface area (Å²) in [7, 11) is 0. The zero-order valence-electron chi connectivity index (χ0n) is 12.1. The van der Waals surface area contributed by atoms with E-state index in [-0.39, 0.29) is 29.3 Å². The summed E-state index contributed by atoms with van der Waals surface area (Å²) < 4.78 is 31.8. The molecular formula is C16H17F2NO3. The number of halogens is 2. The molecule has 0 aliphatic carbocycles. The van der Waals surface area contributed by atoms with Crippen LogP contribution in [0.25, 0.3) is 0 Å². The maximum Gasteiger partial charge on any atom is 0.323 e. The second-order valence-corrected chi connectivity index (χ2v) is 5.77. The number of ketones is 1. The fourth-order valence-electron chi connectivity index (χ4n) is 3.20. The van der Waals surface area contributed by atoms with Crippen molar-refractivity contribution >= 4 is 11.8 Å². The van der Waals surface area contributed by atoms with Gasteiger partial charge in [-0.05, 0) is 44.1 Å². The van der Waals surface area contributed by atoms with Crippen molar-refractivity contribution in [3.8, 4) is 0 Å². The van der Waals surface area contributed by atoms with E-state index >= 15 is 0 Å². The van der Waals surface area contributed by atoms with Gasteiger partial charge in [-0.2, -0.15) is 0 Å². The Morgan fingerprint density at radius 3 is 2.55 bits per heavy atom. The van der Waals surface area contributed by atoms with E-state index in [9.17, 15) is 18.4 Å². The van der Waals surface area contributed by atoms with E-state index in [0.717, 1.165) is 18.2 Å². The summed E-state index contributed by atoms with van der Waals surface area (Å²) in [6.07, 6.45) is 1.76. The van der Waals surface area contributed by atoms with Crippen LogP contribution in [0.4, 0.5) is 8.78 Å². The Morgan fingerprint density at radius 1 is 1.18 bits per heavy atom. The Hall–Kier alpha value is -1.82. The van der Waals surface area contributed by atoms with E-state index in [1.54, 1.807) is 0 Å². The lowest BCUT2D eigenvalue weighted by atomic mass is 9.88. The zero-order chi connectivity index (χ0) is 15.7. The molecule has 1 atom stereocenters. The predicted octanol–water partition coefficient (Wildman–Crippen LogP) is 2.17. The van der Waals surface area contributed by atoms with Crippen LogP contribution in [0.5, 0.6) is 0 Å². The molecule has 2 heterocycles. The first-order valence-electron chi connectivity index (χ1n) is 7.46. The molecule has 0 bridgehead atoms. The normalized spacial score (nSPS) is 23.5. The number of hydrogen-bond acceptors (Lipinski definition) is 4. The minimum atomic E-state index is -0.687. The highest BCUT2D eigenvalue weighted by Gasteiger charge is 2.36. The lowest BCUT2D eigenvalue weighted by molar-refractivity contribution is -0.142. The summed E-state index contributed by atoms with van der Waals surface area (Å²) in [6.45, 7) is 1.62. The van der Waals surface area contributed by atoms with Gasteiger partial charge in [-0.15, -0.1) is 0 Å². The van der Waals surface area contributed by atoms with Gasteiger partial charge in [0.15, 0.2) is 5.78 Å². The summed E-state index contributed by atoms with van der Waals surface area (Å²) in [6, 6.07) is 2.72. The average molecular weight is 309 g/mol. The molecule has 22 heavy (non-hydrogen) atoms. The Balaban J connectivity index is 1.64. The number of rotatable bonds is 3. The molecule has 3 rings (SSSR count). The Morgan fingerprint density at radius 2 is 1.91 bits per heavy atom. The summed E-state index contributed by atoms with van der Waals surface area (Å²) >= 11 is 0. The minimum absolute atomic E-state index is 0.182. The maximum absolute atomic E-state index is 13.7. The zero-order valence-corrected chi connectivity index (χ0v) is 12.1. The number of piperidine rings is 1. The smallest absolute Gasteiger partial charge is 0.323 e. The second kappa shape index (κ2) is 6.12. The number of esters is 1. The fraction of sp³-hybridized carbons (Fsp3) is 0.500. The Kier molecular flexibility index (Phi) is 4.20. The molecular weight excluding hydrogens is 292 g/mol. The number of ether oxygens (including phenoxy) is 1. The quantitative estimate of drug-likeness (QED) is 0.634. The van der Waals surface area contributed by atoms with Gasteiger partial charge < -0.3 is 4.74 Å². The largest absolute Gasteiger partial charge is 0.464 e. The Bertz CT molecular complexity index is 597.